The van der Waals surface area contributed by atoms with E-state index < -0.39 is 43.6 Å². The molecular weight excluding hydrogens is 360 g/mol. The van der Waals surface area contributed by atoms with E-state index >= 15 is 0 Å². The lowest BCUT2D eigenvalue weighted by atomic mass is 10.1. The number of hydrogen-bond donors (Lipinski definition) is 5. The Kier molecular flexibility index (Phi) is 4.04. The Morgan fingerprint density at radius 1 is 1.00 bits per heavy atom. The lowest BCUT2D eigenvalue weighted by Crippen LogP contribution is -2.20. The van der Waals surface area contributed by atoms with Crippen molar-refractivity contribution in [2.75, 3.05) is 4.72 Å². The molecule has 0 saturated carbocycles. The summed E-state index contributed by atoms with van der Waals surface area (Å²) < 4.78 is 27.6. The topological polar surface area (TPSA) is 168 Å². The van der Waals surface area contributed by atoms with Crippen LogP contribution in [0.2, 0.25) is 0 Å². The summed E-state index contributed by atoms with van der Waals surface area (Å²) in [5.74, 6) is -2.97. The SMILES string of the molecule is NC(=O)c1cc(S(=O)(=O)Nc2ccc3cc[nH]c3c2)cc(C(N)=O)c1O. The Hall–Kier alpha value is -3.53. The molecule has 1 heterocycles. The highest BCUT2D eigenvalue weighted by Crippen LogP contribution is 2.28. The molecule has 134 valence electrons. The van der Waals surface area contributed by atoms with E-state index in [9.17, 15) is 23.1 Å². The summed E-state index contributed by atoms with van der Waals surface area (Å²) in [5.41, 5.74) is 10.2. The minimum absolute atomic E-state index is 0.259. The Labute approximate surface area is 147 Å². The van der Waals surface area contributed by atoms with Crippen molar-refractivity contribution < 1.29 is 23.1 Å². The molecule has 0 radical (unpaired) electrons. The standard InChI is InChI=1S/C16H14N4O5S/c17-15(22)11-6-10(7-12(14(11)21)16(18)23)26(24,25)20-9-2-1-8-3-4-19-13(8)5-9/h1-7,19-21H,(H2,17,22)(H2,18,23). The second kappa shape index (κ2) is 6.08. The second-order valence-corrected chi connectivity index (χ2v) is 7.16. The molecule has 0 aliphatic rings. The number of carbonyl (C=O) groups excluding carboxylic acids is 2. The number of aromatic hydroxyl groups is 1. The molecule has 0 fully saturated rings. The van der Waals surface area contributed by atoms with Crippen LogP contribution in [-0.4, -0.2) is 30.3 Å². The number of benzene rings is 2. The highest BCUT2D eigenvalue weighted by Gasteiger charge is 2.23. The van der Waals surface area contributed by atoms with Crippen molar-refractivity contribution >= 4 is 38.4 Å². The number of H-pyrrole nitrogens is 1. The van der Waals surface area contributed by atoms with Crippen LogP contribution >= 0.6 is 0 Å². The maximum Gasteiger partial charge on any atom is 0.261 e. The summed E-state index contributed by atoms with van der Waals surface area (Å²) >= 11 is 0. The van der Waals surface area contributed by atoms with Gasteiger partial charge in [0.1, 0.15) is 5.75 Å². The monoisotopic (exact) mass is 374 g/mol. The highest BCUT2D eigenvalue weighted by molar-refractivity contribution is 7.92. The predicted octanol–water partition coefficient (Wildman–Crippen LogP) is 0.872. The van der Waals surface area contributed by atoms with Crippen molar-refractivity contribution in [3.05, 3.63) is 53.7 Å². The van der Waals surface area contributed by atoms with Crippen LogP contribution in [0.15, 0.2) is 47.5 Å². The number of sulfonamides is 1. The molecule has 3 aromatic rings. The molecule has 26 heavy (non-hydrogen) atoms. The number of primary amides is 2. The number of aromatic nitrogens is 1. The molecule has 0 aliphatic heterocycles. The maximum atomic E-state index is 12.6. The van der Waals surface area contributed by atoms with Crippen molar-refractivity contribution in [1.82, 2.24) is 4.98 Å². The number of amides is 2. The van der Waals surface area contributed by atoms with Crippen molar-refractivity contribution in [1.29, 1.82) is 0 Å². The van der Waals surface area contributed by atoms with Crippen LogP contribution in [0, 0.1) is 0 Å². The maximum absolute atomic E-state index is 12.6. The van der Waals surface area contributed by atoms with Gasteiger partial charge in [-0.3, -0.25) is 14.3 Å². The van der Waals surface area contributed by atoms with Gasteiger partial charge in [0.2, 0.25) is 0 Å². The molecule has 2 amide bonds. The van der Waals surface area contributed by atoms with Gasteiger partial charge in [-0.2, -0.15) is 0 Å². The summed E-state index contributed by atoms with van der Waals surface area (Å²) in [6.07, 6.45) is 1.71. The molecule has 9 nitrogen and oxygen atoms in total. The summed E-state index contributed by atoms with van der Waals surface area (Å²) in [4.78, 5) is 25.4. The summed E-state index contributed by atoms with van der Waals surface area (Å²) in [5, 5.41) is 10.8. The molecule has 0 spiro atoms. The quantitative estimate of drug-likeness (QED) is 0.446. The number of carbonyl (C=O) groups is 2. The van der Waals surface area contributed by atoms with Crippen LogP contribution in [0.4, 0.5) is 5.69 Å². The Balaban J connectivity index is 2.08. The van der Waals surface area contributed by atoms with E-state index in [4.69, 9.17) is 11.5 Å². The zero-order valence-corrected chi connectivity index (χ0v) is 14.0. The van der Waals surface area contributed by atoms with Crippen molar-refractivity contribution in [2.24, 2.45) is 11.5 Å². The number of rotatable bonds is 5. The predicted molar refractivity (Wildman–Crippen MR) is 94.2 cm³/mol. The van der Waals surface area contributed by atoms with Gasteiger partial charge in [0.15, 0.2) is 0 Å². The fourth-order valence-electron chi connectivity index (χ4n) is 2.46. The number of nitrogens with two attached hydrogens (primary N) is 2. The van der Waals surface area contributed by atoms with E-state index in [0.29, 0.717) is 5.52 Å². The first-order chi connectivity index (χ1) is 12.2. The number of fused-ring (bicyclic) bond motifs is 1. The fourth-order valence-corrected chi connectivity index (χ4v) is 3.57. The molecule has 0 saturated heterocycles. The van der Waals surface area contributed by atoms with Crippen LogP contribution in [0.5, 0.6) is 5.75 Å². The molecule has 1 aromatic heterocycles. The summed E-state index contributed by atoms with van der Waals surface area (Å²) in [6.45, 7) is 0. The molecule has 0 aliphatic carbocycles. The number of hydrogen-bond acceptors (Lipinski definition) is 5. The third kappa shape index (κ3) is 3.05. The van der Waals surface area contributed by atoms with Gasteiger partial charge < -0.3 is 21.6 Å². The Morgan fingerprint density at radius 3 is 2.19 bits per heavy atom. The number of nitrogens with one attached hydrogen (secondary N) is 2. The van der Waals surface area contributed by atoms with Crippen LogP contribution in [0.1, 0.15) is 20.7 Å². The minimum atomic E-state index is -4.18. The van der Waals surface area contributed by atoms with Gasteiger partial charge in [0, 0.05) is 11.7 Å². The molecule has 3 rings (SSSR count). The molecule has 0 unspecified atom stereocenters. The zero-order chi connectivity index (χ0) is 19.1. The van der Waals surface area contributed by atoms with E-state index in [-0.39, 0.29) is 5.69 Å². The first kappa shape index (κ1) is 17.3. The van der Waals surface area contributed by atoms with Crippen molar-refractivity contribution in [3.63, 3.8) is 0 Å². The molecular formula is C16H14N4O5S. The molecule has 7 N–H and O–H groups in total. The number of aromatic amines is 1. The van der Waals surface area contributed by atoms with Crippen LogP contribution in [0.25, 0.3) is 10.9 Å². The molecule has 2 aromatic carbocycles. The van der Waals surface area contributed by atoms with Crippen molar-refractivity contribution in [3.8, 4) is 5.75 Å². The van der Waals surface area contributed by atoms with Crippen LogP contribution in [-0.2, 0) is 10.0 Å². The average Bonchev–Trinajstić information content (AvgIpc) is 3.01. The normalized spacial score (nSPS) is 11.4. The first-order valence-corrected chi connectivity index (χ1v) is 8.74. The van der Waals surface area contributed by atoms with Gasteiger partial charge in [-0.05, 0) is 35.7 Å². The average molecular weight is 374 g/mol. The van der Waals surface area contributed by atoms with Gasteiger partial charge in [0.25, 0.3) is 21.8 Å². The lowest BCUT2D eigenvalue weighted by Gasteiger charge is -2.12. The van der Waals surface area contributed by atoms with E-state index in [1.165, 1.54) is 0 Å². The smallest absolute Gasteiger partial charge is 0.261 e. The molecule has 0 bridgehead atoms. The zero-order valence-electron chi connectivity index (χ0n) is 13.2. The third-order valence-electron chi connectivity index (χ3n) is 3.73. The van der Waals surface area contributed by atoms with E-state index in [2.05, 4.69) is 9.71 Å². The summed E-state index contributed by atoms with van der Waals surface area (Å²) in [6, 6.07) is 8.42. The van der Waals surface area contributed by atoms with Crippen molar-refractivity contribution in [2.45, 2.75) is 4.90 Å². The van der Waals surface area contributed by atoms with Gasteiger partial charge in [-0.1, -0.05) is 6.07 Å². The summed E-state index contributed by atoms with van der Waals surface area (Å²) in [7, 11) is -4.18. The number of anilines is 1. The van der Waals surface area contributed by atoms with Crippen LogP contribution in [0.3, 0.4) is 0 Å². The Bertz CT molecular complexity index is 1120. The molecule has 10 heteroatoms. The lowest BCUT2D eigenvalue weighted by molar-refractivity contribution is 0.0996. The van der Waals surface area contributed by atoms with E-state index in [1.807, 2.05) is 6.07 Å². The second-order valence-electron chi connectivity index (χ2n) is 5.48. The van der Waals surface area contributed by atoms with Gasteiger partial charge >= 0.3 is 0 Å². The fraction of sp³-hybridized carbons (Fsp3) is 0. The van der Waals surface area contributed by atoms with Gasteiger partial charge in [-0.15, -0.1) is 0 Å². The Morgan fingerprint density at radius 2 is 1.62 bits per heavy atom. The highest BCUT2D eigenvalue weighted by atomic mass is 32.2. The third-order valence-corrected chi connectivity index (χ3v) is 5.09. The largest absolute Gasteiger partial charge is 0.506 e. The van der Waals surface area contributed by atoms with Gasteiger partial charge in [0.05, 0.1) is 21.7 Å². The first-order valence-electron chi connectivity index (χ1n) is 7.25. The van der Waals surface area contributed by atoms with E-state index in [1.54, 1.807) is 24.4 Å². The molecule has 0 atom stereocenters. The number of phenols is 1. The van der Waals surface area contributed by atoms with E-state index in [0.717, 1.165) is 17.5 Å². The van der Waals surface area contributed by atoms with Crippen LogP contribution < -0.4 is 16.2 Å². The minimum Gasteiger partial charge on any atom is -0.506 e. The van der Waals surface area contributed by atoms with Gasteiger partial charge in [-0.25, -0.2) is 8.42 Å².